The molecule has 2 unspecified atom stereocenters. The van der Waals surface area contributed by atoms with Crippen molar-refractivity contribution in [3.63, 3.8) is 0 Å². The average Bonchev–Trinajstić information content (AvgIpc) is 2.36. The molecule has 102 valence electrons. The molecule has 0 aromatic heterocycles. The molecule has 0 radical (unpaired) electrons. The first-order chi connectivity index (χ1) is 8.59. The number of nitrogens with one attached hydrogen (secondary N) is 1. The Kier molecular flexibility index (Phi) is 7.04. The third-order valence-corrected chi connectivity index (χ3v) is 3.72. The summed E-state index contributed by atoms with van der Waals surface area (Å²) >= 11 is 0. The molecular weight excluding hydrogens is 218 g/mol. The predicted molar refractivity (Wildman–Crippen MR) is 80.8 cm³/mol. The molecule has 0 spiro atoms. The van der Waals surface area contributed by atoms with Gasteiger partial charge in [-0.25, -0.2) is 0 Å². The summed E-state index contributed by atoms with van der Waals surface area (Å²) in [4.78, 5) is 0. The minimum absolute atomic E-state index is 0.747. The molecule has 1 nitrogen and oxygen atoms in total. The summed E-state index contributed by atoms with van der Waals surface area (Å²) in [7, 11) is 0. The molecule has 1 aromatic carbocycles. The van der Waals surface area contributed by atoms with Crippen LogP contribution in [-0.2, 0) is 6.42 Å². The normalized spacial score (nSPS) is 14.7. The van der Waals surface area contributed by atoms with Gasteiger partial charge in [0.15, 0.2) is 0 Å². The highest BCUT2D eigenvalue weighted by atomic mass is 14.9. The lowest BCUT2D eigenvalue weighted by atomic mass is 9.90. The Balaban J connectivity index is 2.21. The largest absolute Gasteiger partial charge is 0.316 e. The topological polar surface area (TPSA) is 12.0 Å². The van der Waals surface area contributed by atoms with Crippen LogP contribution in [0.4, 0.5) is 0 Å². The van der Waals surface area contributed by atoms with Crippen molar-refractivity contribution in [3.05, 3.63) is 35.9 Å². The van der Waals surface area contributed by atoms with Crippen molar-refractivity contribution >= 4 is 0 Å². The second kappa shape index (κ2) is 8.31. The first-order valence-corrected chi connectivity index (χ1v) is 7.34. The van der Waals surface area contributed by atoms with Gasteiger partial charge in [0.2, 0.25) is 0 Å². The van der Waals surface area contributed by atoms with Gasteiger partial charge < -0.3 is 5.32 Å². The molecule has 0 bridgehead atoms. The molecular formula is C17H29N. The van der Waals surface area contributed by atoms with Crippen LogP contribution in [0.15, 0.2) is 30.3 Å². The quantitative estimate of drug-likeness (QED) is 0.728. The van der Waals surface area contributed by atoms with Gasteiger partial charge in [0.25, 0.3) is 0 Å². The fraction of sp³-hybridized carbons (Fsp3) is 0.647. The lowest BCUT2D eigenvalue weighted by Gasteiger charge is -2.21. The van der Waals surface area contributed by atoms with Gasteiger partial charge in [-0.3, -0.25) is 0 Å². The number of rotatable bonds is 8. The number of benzene rings is 1. The van der Waals surface area contributed by atoms with E-state index in [2.05, 4.69) is 63.3 Å². The molecule has 0 aliphatic rings. The van der Waals surface area contributed by atoms with E-state index >= 15 is 0 Å². The zero-order valence-corrected chi connectivity index (χ0v) is 12.4. The maximum Gasteiger partial charge on any atom is -0.00205 e. The van der Waals surface area contributed by atoms with E-state index in [9.17, 15) is 0 Å². The summed E-state index contributed by atoms with van der Waals surface area (Å²) in [6.07, 6.45) is 2.49. The molecule has 0 aliphatic carbocycles. The Morgan fingerprint density at radius 1 is 0.889 bits per heavy atom. The van der Waals surface area contributed by atoms with Gasteiger partial charge in [-0.15, -0.1) is 0 Å². The molecule has 0 aliphatic heterocycles. The van der Waals surface area contributed by atoms with Crippen LogP contribution < -0.4 is 5.32 Å². The maximum atomic E-state index is 3.56. The molecule has 18 heavy (non-hydrogen) atoms. The Hall–Kier alpha value is -0.820. The number of aryl methyl sites for hydroxylation is 1. The van der Waals surface area contributed by atoms with E-state index in [1.54, 1.807) is 0 Å². The van der Waals surface area contributed by atoms with Crippen LogP contribution in [0.5, 0.6) is 0 Å². The maximum absolute atomic E-state index is 3.56. The van der Waals surface area contributed by atoms with Gasteiger partial charge in [-0.1, -0.05) is 58.0 Å². The van der Waals surface area contributed by atoms with Crippen molar-refractivity contribution in [2.45, 2.75) is 40.5 Å². The first kappa shape index (κ1) is 15.2. The van der Waals surface area contributed by atoms with Crippen molar-refractivity contribution in [1.29, 1.82) is 0 Å². The highest BCUT2D eigenvalue weighted by Gasteiger charge is 2.11. The van der Waals surface area contributed by atoms with Crippen molar-refractivity contribution in [3.8, 4) is 0 Å². The minimum atomic E-state index is 0.747. The Morgan fingerprint density at radius 2 is 1.56 bits per heavy atom. The third kappa shape index (κ3) is 6.20. The number of hydrogen-bond donors (Lipinski definition) is 1. The van der Waals surface area contributed by atoms with E-state index < -0.39 is 0 Å². The second-order valence-corrected chi connectivity index (χ2v) is 6.03. The first-order valence-electron chi connectivity index (χ1n) is 7.34. The van der Waals surface area contributed by atoms with Crippen LogP contribution in [0.3, 0.4) is 0 Å². The molecule has 1 heteroatoms. The lowest BCUT2D eigenvalue weighted by Crippen LogP contribution is -2.28. The standard InChI is InChI=1S/C17H29N/c1-14(2)12-18-13-16(4)15(3)10-11-17-8-6-5-7-9-17/h5-9,14-16,18H,10-13H2,1-4H3. The molecule has 1 rings (SSSR count). The molecule has 0 saturated carbocycles. The van der Waals surface area contributed by atoms with E-state index in [0.29, 0.717) is 0 Å². The molecule has 0 saturated heterocycles. The Labute approximate surface area is 113 Å². The van der Waals surface area contributed by atoms with Gasteiger partial charge in [-0.05, 0) is 49.2 Å². The molecule has 1 aromatic rings. The fourth-order valence-electron chi connectivity index (χ4n) is 2.12. The van der Waals surface area contributed by atoms with Crippen LogP contribution in [0.2, 0.25) is 0 Å². The Morgan fingerprint density at radius 3 is 2.17 bits per heavy atom. The third-order valence-electron chi connectivity index (χ3n) is 3.72. The molecule has 2 atom stereocenters. The van der Waals surface area contributed by atoms with Crippen LogP contribution in [0.1, 0.15) is 39.7 Å². The predicted octanol–water partition coefficient (Wildman–Crippen LogP) is 4.14. The molecule has 0 heterocycles. The van der Waals surface area contributed by atoms with Crippen LogP contribution >= 0.6 is 0 Å². The summed E-state index contributed by atoms with van der Waals surface area (Å²) in [6, 6.07) is 10.8. The summed E-state index contributed by atoms with van der Waals surface area (Å²) in [5.41, 5.74) is 1.46. The van der Waals surface area contributed by atoms with Crippen LogP contribution in [0, 0.1) is 17.8 Å². The lowest BCUT2D eigenvalue weighted by molar-refractivity contribution is 0.341. The van der Waals surface area contributed by atoms with Crippen LogP contribution in [0.25, 0.3) is 0 Å². The molecule has 0 amide bonds. The van der Waals surface area contributed by atoms with Crippen molar-refractivity contribution in [2.75, 3.05) is 13.1 Å². The highest BCUT2D eigenvalue weighted by Crippen LogP contribution is 2.17. The van der Waals surface area contributed by atoms with E-state index in [-0.39, 0.29) is 0 Å². The fourth-order valence-corrected chi connectivity index (χ4v) is 2.12. The zero-order chi connectivity index (χ0) is 13.4. The van der Waals surface area contributed by atoms with Gasteiger partial charge in [0, 0.05) is 0 Å². The van der Waals surface area contributed by atoms with Gasteiger partial charge in [0.1, 0.15) is 0 Å². The summed E-state index contributed by atoms with van der Waals surface area (Å²) < 4.78 is 0. The number of hydrogen-bond acceptors (Lipinski definition) is 1. The van der Waals surface area contributed by atoms with Crippen LogP contribution in [-0.4, -0.2) is 13.1 Å². The molecule has 1 N–H and O–H groups in total. The highest BCUT2D eigenvalue weighted by molar-refractivity contribution is 5.14. The smallest absolute Gasteiger partial charge is 0.00205 e. The second-order valence-electron chi connectivity index (χ2n) is 6.03. The summed E-state index contributed by atoms with van der Waals surface area (Å²) in [5.74, 6) is 2.29. The van der Waals surface area contributed by atoms with E-state index in [1.807, 2.05) is 0 Å². The van der Waals surface area contributed by atoms with Crippen molar-refractivity contribution in [1.82, 2.24) is 5.32 Å². The Bertz CT molecular complexity index is 305. The van der Waals surface area contributed by atoms with E-state index in [1.165, 1.54) is 18.4 Å². The van der Waals surface area contributed by atoms with E-state index in [4.69, 9.17) is 0 Å². The molecule has 0 fully saturated rings. The summed E-state index contributed by atoms with van der Waals surface area (Å²) in [6.45, 7) is 11.5. The van der Waals surface area contributed by atoms with E-state index in [0.717, 1.165) is 30.8 Å². The monoisotopic (exact) mass is 247 g/mol. The van der Waals surface area contributed by atoms with Crippen molar-refractivity contribution in [2.24, 2.45) is 17.8 Å². The minimum Gasteiger partial charge on any atom is -0.316 e. The average molecular weight is 247 g/mol. The summed E-state index contributed by atoms with van der Waals surface area (Å²) in [5, 5.41) is 3.56. The van der Waals surface area contributed by atoms with Crippen molar-refractivity contribution < 1.29 is 0 Å². The van der Waals surface area contributed by atoms with Gasteiger partial charge in [0.05, 0.1) is 0 Å². The van der Waals surface area contributed by atoms with Gasteiger partial charge >= 0.3 is 0 Å². The SMILES string of the molecule is CC(C)CNCC(C)C(C)CCc1ccccc1. The van der Waals surface area contributed by atoms with Gasteiger partial charge in [-0.2, -0.15) is 0 Å². The zero-order valence-electron chi connectivity index (χ0n) is 12.4.